The molecule has 0 amide bonds. The minimum Gasteiger partial charge on any atom is -0.477 e. The molecule has 4 rings (SSSR count). The normalized spacial score (nSPS) is 24.3. The van der Waals surface area contributed by atoms with Crippen LogP contribution >= 0.6 is 35.0 Å². The van der Waals surface area contributed by atoms with Crippen molar-refractivity contribution in [3.8, 4) is 0 Å². The van der Waals surface area contributed by atoms with E-state index in [1.54, 1.807) is 0 Å². The third-order valence-electron chi connectivity index (χ3n) is 5.18. The molecule has 0 aromatic heterocycles. The predicted octanol–water partition coefficient (Wildman–Crippen LogP) is 5.96. The summed E-state index contributed by atoms with van der Waals surface area (Å²) in [4.78, 5) is 19.3. The van der Waals surface area contributed by atoms with Gasteiger partial charge in [0.25, 0.3) is 0 Å². The first-order valence-corrected chi connectivity index (χ1v) is 10.8. The van der Waals surface area contributed by atoms with Crippen LogP contribution in [0.2, 0.25) is 5.02 Å². The van der Waals surface area contributed by atoms with E-state index in [-0.39, 0.29) is 18.0 Å². The van der Waals surface area contributed by atoms with E-state index in [1.807, 2.05) is 44.2 Å². The summed E-state index contributed by atoms with van der Waals surface area (Å²) < 4.78 is 0. The van der Waals surface area contributed by atoms with Crippen molar-refractivity contribution in [2.24, 2.45) is 10.9 Å². The SMILES string of the molecule is CC(C)C1=C(C(=O)O)SC2=N[C@@H](C3=CC=C(Cl)CC3)[C@@H](c3ccc(Cl)cc3)N21. The first-order valence-electron chi connectivity index (χ1n) is 9.19. The van der Waals surface area contributed by atoms with Gasteiger partial charge in [0.1, 0.15) is 4.91 Å². The lowest BCUT2D eigenvalue weighted by atomic mass is 9.88. The van der Waals surface area contributed by atoms with Gasteiger partial charge < -0.3 is 10.0 Å². The average molecular weight is 435 g/mol. The molecule has 2 atom stereocenters. The Labute approximate surface area is 178 Å². The number of hydrogen-bond acceptors (Lipinski definition) is 4. The number of nitrogens with zero attached hydrogens (tertiary/aromatic N) is 2. The standard InChI is InChI=1S/C21H20Cl2N2O2S/c1-11(2)17-19(20(26)27)28-21-24-16(12-3-7-14(22)8-4-12)18(25(17)21)13-5-9-15(23)10-6-13/h3,5-7,9-11,16,18H,4,8H2,1-2H3,(H,26,27)/t16-,18+/m0/s1. The number of allylic oxidation sites excluding steroid dienone is 4. The number of halogens is 2. The Morgan fingerprint density at radius 3 is 2.50 bits per heavy atom. The van der Waals surface area contributed by atoms with Crippen molar-refractivity contribution in [3.05, 3.63) is 68.2 Å². The molecule has 1 N–H and O–H groups in total. The van der Waals surface area contributed by atoms with Crippen LogP contribution in [0.25, 0.3) is 0 Å². The minimum absolute atomic E-state index is 0.0644. The summed E-state index contributed by atoms with van der Waals surface area (Å²) in [5.41, 5.74) is 3.11. The van der Waals surface area contributed by atoms with E-state index in [0.29, 0.717) is 9.93 Å². The lowest BCUT2D eigenvalue weighted by Gasteiger charge is -2.32. The zero-order valence-corrected chi connectivity index (χ0v) is 17.9. The lowest BCUT2D eigenvalue weighted by Crippen LogP contribution is -2.32. The second-order valence-electron chi connectivity index (χ2n) is 7.35. The highest BCUT2D eigenvalue weighted by Gasteiger charge is 2.47. The summed E-state index contributed by atoms with van der Waals surface area (Å²) in [6.45, 7) is 4.05. The van der Waals surface area contributed by atoms with E-state index >= 15 is 0 Å². The molecule has 0 fully saturated rings. The van der Waals surface area contributed by atoms with Gasteiger partial charge in [-0.2, -0.15) is 0 Å². The molecule has 2 aliphatic heterocycles. The number of thioether (sulfide) groups is 1. The monoisotopic (exact) mass is 434 g/mol. The van der Waals surface area contributed by atoms with Crippen LogP contribution in [0.5, 0.6) is 0 Å². The molecule has 0 radical (unpaired) electrons. The largest absolute Gasteiger partial charge is 0.477 e. The molecule has 0 saturated heterocycles. The van der Waals surface area contributed by atoms with E-state index in [4.69, 9.17) is 28.2 Å². The Hall–Kier alpha value is -1.69. The molecule has 146 valence electrons. The van der Waals surface area contributed by atoms with Gasteiger partial charge >= 0.3 is 5.97 Å². The molecule has 0 spiro atoms. The van der Waals surface area contributed by atoms with Crippen LogP contribution in [0.4, 0.5) is 0 Å². The molecule has 0 saturated carbocycles. The smallest absolute Gasteiger partial charge is 0.344 e. The summed E-state index contributed by atoms with van der Waals surface area (Å²) in [5.74, 6) is -0.835. The molecular formula is C21H20Cl2N2O2S. The van der Waals surface area contributed by atoms with E-state index in [1.165, 1.54) is 17.3 Å². The van der Waals surface area contributed by atoms with E-state index in [0.717, 1.165) is 34.3 Å². The van der Waals surface area contributed by atoms with Gasteiger partial charge in [-0.05, 0) is 59.9 Å². The van der Waals surface area contributed by atoms with Crippen molar-refractivity contribution in [1.29, 1.82) is 0 Å². The highest BCUT2D eigenvalue weighted by Crippen LogP contribution is 2.50. The molecule has 0 bridgehead atoms. The van der Waals surface area contributed by atoms with Crippen LogP contribution < -0.4 is 0 Å². The second-order valence-corrected chi connectivity index (χ2v) is 9.25. The molecule has 0 unspecified atom stereocenters. The van der Waals surface area contributed by atoms with Crippen LogP contribution in [0.3, 0.4) is 0 Å². The Morgan fingerprint density at radius 1 is 1.21 bits per heavy atom. The number of aliphatic carboxylic acids is 1. The highest BCUT2D eigenvalue weighted by atomic mass is 35.5. The molecule has 7 heteroatoms. The zero-order chi connectivity index (χ0) is 20.0. The average Bonchev–Trinajstić information content (AvgIpc) is 3.19. The maximum Gasteiger partial charge on any atom is 0.344 e. The van der Waals surface area contributed by atoms with Gasteiger partial charge in [0.2, 0.25) is 0 Å². The van der Waals surface area contributed by atoms with Crippen molar-refractivity contribution in [2.75, 3.05) is 0 Å². The molecule has 3 aliphatic rings. The number of amidine groups is 1. The molecule has 28 heavy (non-hydrogen) atoms. The predicted molar refractivity (Wildman–Crippen MR) is 116 cm³/mol. The van der Waals surface area contributed by atoms with Crippen molar-refractivity contribution in [3.63, 3.8) is 0 Å². The maximum absolute atomic E-state index is 11.8. The minimum atomic E-state index is -0.899. The van der Waals surface area contributed by atoms with Crippen molar-refractivity contribution >= 4 is 46.1 Å². The molecular weight excluding hydrogens is 415 g/mol. The molecule has 4 nitrogen and oxygen atoms in total. The van der Waals surface area contributed by atoms with Gasteiger partial charge in [0.05, 0.1) is 12.1 Å². The fourth-order valence-corrected chi connectivity index (χ4v) is 5.41. The number of benzene rings is 1. The van der Waals surface area contributed by atoms with E-state index < -0.39 is 5.97 Å². The quantitative estimate of drug-likeness (QED) is 0.634. The third kappa shape index (κ3) is 3.40. The van der Waals surface area contributed by atoms with Crippen molar-refractivity contribution in [2.45, 2.75) is 38.8 Å². The number of carboxylic acid groups (broad SMARTS) is 1. The van der Waals surface area contributed by atoms with Crippen molar-refractivity contribution < 1.29 is 9.90 Å². The number of rotatable bonds is 4. The maximum atomic E-state index is 11.8. The fraction of sp³-hybridized carbons (Fsp3) is 0.333. The number of carbonyl (C=O) groups is 1. The Morgan fingerprint density at radius 2 is 1.93 bits per heavy atom. The lowest BCUT2D eigenvalue weighted by molar-refractivity contribution is -0.131. The Kier molecular flexibility index (Phi) is 5.34. The fourth-order valence-electron chi connectivity index (χ4n) is 3.94. The van der Waals surface area contributed by atoms with Gasteiger partial charge in [0.15, 0.2) is 5.17 Å². The van der Waals surface area contributed by atoms with Crippen LogP contribution in [0.15, 0.2) is 62.6 Å². The van der Waals surface area contributed by atoms with Crippen LogP contribution in [0, 0.1) is 5.92 Å². The molecule has 1 aromatic carbocycles. The first-order chi connectivity index (χ1) is 13.4. The number of fused-ring (bicyclic) bond motifs is 1. The zero-order valence-electron chi connectivity index (χ0n) is 15.5. The van der Waals surface area contributed by atoms with Crippen molar-refractivity contribution in [1.82, 2.24) is 4.90 Å². The van der Waals surface area contributed by atoms with E-state index in [2.05, 4.69) is 11.0 Å². The van der Waals surface area contributed by atoms with Gasteiger partial charge in [-0.1, -0.05) is 55.3 Å². The summed E-state index contributed by atoms with van der Waals surface area (Å²) in [5, 5.41) is 12.0. The van der Waals surface area contributed by atoms with Gasteiger partial charge in [0, 0.05) is 15.8 Å². The topological polar surface area (TPSA) is 52.9 Å². The van der Waals surface area contributed by atoms with Gasteiger partial charge in [-0.3, -0.25) is 4.99 Å². The summed E-state index contributed by atoms with van der Waals surface area (Å²) in [7, 11) is 0. The first kappa shape index (κ1) is 19.6. The molecule has 1 aromatic rings. The Balaban J connectivity index is 1.82. The van der Waals surface area contributed by atoms with Crippen LogP contribution in [-0.2, 0) is 4.79 Å². The van der Waals surface area contributed by atoms with Crippen LogP contribution in [-0.4, -0.2) is 27.2 Å². The summed E-state index contributed by atoms with van der Waals surface area (Å²) in [6.07, 6.45) is 5.67. The highest BCUT2D eigenvalue weighted by molar-refractivity contribution is 8.18. The van der Waals surface area contributed by atoms with Gasteiger partial charge in [-0.25, -0.2) is 4.79 Å². The number of aliphatic imine (C=N–C) groups is 1. The summed E-state index contributed by atoms with van der Waals surface area (Å²) >= 11 is 13.5. The Bertz CT molecular complexity index is 948. The number of hydrogen-bond donors (Lipinski definition) is 1. The molecule has 2 heterocycles. The molecule has 1 aliphatic carbocycles. The second kappa shape index (κ2) is 7.62. The number of carboxylic acids is 1. The van der Waals surface area contributed by atoms with Gasteiger partial charge in [-0.15, -0.1) is 0 Å². The van der Waals surface area contributed by atoms with Crippen LogP contribution in [0.1, 0.15) is 38.3 Å². The third-order valence-corrected chi connectivity index (χ3v) is 6.82. The van der Waals surface area contributed by atoms with E-state index in [9.17, 15) is 9.90 Å². The summed E-state index contributed by atoms with van der Waals surface area (Å²) in [6, 6.07) is 7.59.